The summed E-state index contributed by atoms with van der Waals surface area (Å²) in [6, 6.07) is 0. The second-order valence-corrected chi connectivity index (χ2v) is 8.33. The van der Waals surface area contributed by atoms with Crippen LogP contribution in [0.15, 0.2) is 0 Å². The van der Waals surface area contributed by atoms with Crippen LogP contribution in [0.3, 0.4) is 0 Å². The Morgan fingerprint density at radius 3 is 1.35 bits per heavy atom. The fourth-order valence-corrected chi connectivity index (χ4v) is 4.06. The van der Waals surface area contributed by atoms with E-state index < -0.39 is 112 Å². The maximum absolute atomic E-state index is 10.6. The second kappa shape index (κ2) is 11.6. The van der Waals surface area contributed by atoms with Gasteiger partial charge in [-0.1, -0.05) is 0 Å². The molecule has 0 radical (unpaired) electrons. The summed E-state index contributed by atoms with van der Waals surface area (Å²) in [7, 11) is 0. The summed E-state index contributed by atoms with van der Waals surface area (Å²) in [5.74, 6) is 0. The normalized spacial score (nSPS) is 52.5. The van der Waals surface area contributed by atoms with Crippen molar-refractivity contribution in [1.82, 2.24) is 0 Å². The average Bonchev–Trinajstić information content (AvgIpc) is 2.83. The van der Waals surface area contributed by atoms with Crippen molar-refractivity contribution in [1.29, 1.82) is 0 Å². The van der Waals surface area contributed by atoms with Gasteiger partial charge in [0.25, 0.3) is 0 Å². The van der Waals surface area contributed by atoms with Gasteiger partial charge in [0.15, 0.2) is 18.9 Å². The Hall–Kier alpha value is -0.640. The van der Waals surface area contributed by atoms with Gasteiger partial charge in [-0.3, -0.25) is 0 Å². The molecule has 0 unspecified atom stereocenters. The molecular formula is C18H32O16. The molecule has 0 aliphatic carbocycles. The lowest BCUT2D eigenvalue weighted by atomic mass is 9.96. The van der Waals surface area contributed by atoms with Gasteiger partial charge >= 0.3 is 0 Å². The summed E-state index contributed by atoms with van der Waals surface area (Å²) in [4.78, 5) is 0. The first-order chi connectivity index (χ1) is 16.0. The van der Waals surface area contributed by atoms with Gasteiger partial charge in [-0.2, -0.15) is 0 Å². The number of hydrogen-bond acceptors (Lipinski definition) is 16. The Labute approximate surface area is 192 Å². The van der Waals surface area contributed by atoms with Crippen LogP contribution in [-0.4, -0.2) is 168 Å². The highest BCUT2D eigenvalue weighted by Gasteiger charge is 2.53. The molecule has 16 heteroatoms. The maximum Gasteiger partial charge on any atom is 0.187 e. The highest BCUT2D eigenvalue weighted by molar-refractivity contribution is 4.96. The number of hydrogen-bond donors (Lipinski definition) is 11. The van der Waals surface area contributed by atoms with Gasteiger partial charge in [-0.15, -0.1) is 0 Å². The Bertz CT molecular complexity index is 635. The highest BCUT2D eigenvalue weighted by atomic mass is 16.8. The SMILES string of the molecule is OC[C@@H]1O[C@H](O[C@H]2[C@H](O)[C@H](O)[C@@H](O[C@H]3[C@H](O)[C@H](O)[C@H](O)O[C@@H]3CO)O[C@@H]2CO)[C@H](O)[C@@H](O)[C@@H]1O. The minimum Gasteiger partial charge on any atom is -0.394 e. The van der Waals surface area contributed by atoms with E-state index in [-0.39, 0.29) is 0 Å². The highest BCUT2D eigenvalue weighted by Crippen LogP contribution is 2.32. The first-order valence-electron chi connectivity index (χ1n) is 10.6. The first kappa shape index (κ1) is 27.9. The van der Waals surface area contributed by atoms with Crippen LogP contribution in [0.5, 0.6) is 0 Å². The minimum atomic E-state index is -1.91. The van der Waals surface area contributed by atoms with E-state index in [4.69, 9.17) is 23.7 Å². The molecule has 0 aromatic heterocycles. The van der Waals surface area contributed by atoms with Crippen LogP contribution in [0.2, 0.25) is 0 Å². The second-order valence-electron chi connectivity index (χ2n) is 8.33. The molecule has 3 saturated heterocycles. The quantitative estimate of drug-likeness (QED) is 0.154. The van der Waals surface area contributed by atoms with Crippen molar-refractivity contribution in [2.75, 3.05) is 19.8 Å². The Kier molecular flexibility index (Phi) is 9.54. The number of aliphatic hydroxyl groups is 11. The van der Waals surface area contributed by atoms with Crippen LogP contribution in [-0.2, 0) is 23.7 Å². The predicted octanol–water partition coefficient (Wildman–Crippen LogP) is -7.57. The van der Waals surface area contributed by atoms with E-state index in [1.807, 2.05) is 0 Å². The zero-order valence-corrected chi connectivity index (χ0v) is 17.7. The first-order valence-corrected chi connectivity index (χ1v) is 10.6. The predicted molar refractivity (Wildman–Crippen MR) is 101 cm³/mol. The number of aliphatic hydroxyl groups excluding tert-OH is 11. The molecule has 15 atom stereocenters. The molecule has 11 N–H and O–H groups in total. The summed E-state index contributed by atoms with van der Waals surface area (Å²) in [5, 5.41) is 109. The monoisotopic (exact) mass is 504 g/mol. The molecule has 0 aromatic carbocycles. The van der Waals surface area contributed by atoms with E-state index in [0.717, 1.165) is 0 Å². The summed E-state index contributed by atoms with van der Waals surface area (Å²) >= 11 is 0. The minimum absolute atomic E-state index is 0.741. The van der Waals surface area contributed by atoms with Crippen LogP contribution >= 0.6 is 0 Å². The fourth-order valence-electron chi connectivity index (χ4n) is 4.06. The van der Waals surface area contributed by atoms with Gasteiger partial charge in [0.05, 0.1) is 19.8 Å². The largest absolute Gasteiger partial charge is 0.394 e. The van der Waals surface area contributed by atoms with E-state index in [9.17, 15) is 56.2 Å². The summed E-state index contributed by atoms with van der Waals surface area (Å²) in [6.45, 7) is -2.32. The molecule has 3 rings (SSSR count). The van der Waals surface area contributed by atoms with Crippen molar-refractivity contribution in [3.05, 3.63) is 0 Å². The standard InChI is InChI=1S/C18H32O16/c19-1-4-7(22)8(23)12(27)17(31-4)34-15-6(3-21)32-18(13(28)10(15)25)33-14-5(2-20)30-16(29)11(26)9(14)24/h4-29H,1-3H2/t4-,5+,6+,7+,8-,9+,10+,11-,12+,13-,14+,15+,16+,17+,18+/m0/s1. The van der Waals surface area contributed by atoms with E-state index in [0.29, 0.717) is 0 Å². The number of ether oxygens (including phenoxy) is 5. The lowest BCUT2D eigenvalue weighted by molar-refractivity contribution is -0.377. The van der Waals surface area contributed by atoms with E-state index in [1.54, 1.807) is 0 Å². The number of rotatable bonds is 7. The lowest BCUT2D eigenvalue weighted by Gasteiger charge is -2.47. The maximum atomic E-state index is 10.6. The molecule has 0 bridgehead atoms. The van der Waals surface area contributed by atoms with Crippen molar-refractivity contribution in [2.45, 2.75) is 92.1 Å². The van der Waals surface area contributed by atoms with Crippen molar-refractivity contribution in [3.63, 3.8) is 0 Å². The molecule has 0 saturated carbocycles. The van der Waals surface area contributed by atoms with E-state index in [1.165, 1.54) is 0 Å². The Morgan fingerprint density at radius 2 is 0.853 bits per heavy atom. The van der Waals surface area contributed by atoms with Crippen LogP contribution in [0.1, 0.15) is 0 Å². The van der Waals surface area contributed by atoms with Gasteiger partial charge in [0.1, 0.15) is 73.2 Å². The van der Waals surface area contributed by atoms with Gasteiger partial charge in [0.2, 0.25) is 0 Å². The molecule has 0 amide bonds. The van der Waals surface area contributed by atoms with E-state index >= 15 is 0 Å². The molecule has 3 aliphatic heterocycles. The van der Waals surface area contributed by atoms with Crippen LogP contribution in [0, 0.1) is 0 Å². The molecule has 3 heterocycles. The molecular weight excluding hydrogens is 472 g/mol. The fraction of sp³-hybridized carbons (Fsp3) is 1.00. The zero-order valence-electron chi connectivity index (χ0n) is 17.7. The summed E-state index contributed by atoms with van der Waals surface area (Å²) < 4.78 is 26.4. The molecule has 34 heavy (non-hydrogen) atoms. The van der Waals surface area contributed by atoms with Crippen molar-refractivity contribution in [3.8, 4) is 0 Å². The van der Waals surface area contributed by atoms with E-state index in [2.05, 4.69) is 0 Å². The smallest absolute Gasteiger partial charge is 0.187 e. The van der Waals surface area contributed by atoms with Gasteiger partial charge in [-0.25, -0.2) is 0 Å². The van der Waals surface area contributed by atoms with Crippen molar-refractivity contribution in [2.24, 2.45) is 0 Å². The Balaban J connectivity index is 1.72. The summed E-state index contributed by atoms with van der Waals surface area (Å²) in [6.07, 6.45) is -25.1. The Morgan fingerprint density at radius 1 is 0.441 bits per heavy atom. The molecule has 200 valence electrons. The summed E-state index contributed by atoms with van der Waals surface area (Å²) in [5.41, 5.74) is 0. The van der Waals surface area contributed by atoms with Crippen LogP contribution < -0.4 is 0 Å². The molecule has 16 nitrogen and oxygen atoms in total. The third-order valence-electron chi connectivity index (χ3n) is 6.09. The lowest BCUT2D eigenvalue weighted by Crippen LogP contribution is -2.66. The third-order valence-corrected chi connectivity index (χ3v) is 6.09. The van der Waals surface area contributed by atoms with Gasteiger partial charge in [-0.05, 0) is 0 Å². The van der Waals surface area contributed by atoms with Gasteiger partial charge in [0, 0.05) is 0 Å². The van der Waals surface area contributed by atoms with Gasteiger partial charge < -0.3 is 79.9 Å². The molecule has 0 aromatic rings. The van der Waals surface area contributed by atoms with Crippen molar-refractivity contribution >= 4 is 0 Å². The van der Waals surface area contributed by atoms with Crippen LogP contribution in [0.25, 0.3) is 0 Å². The zero-order chi connectivity index (χ0) is 25.3. The molecule has 0 spiro atoms. The van der Waals surface area contributed by atoms with Crippen LogP contribution in [0.4, 0.5) is 0 Å². The molecule has 3 fully saturated rings. The topological polar surface area (TPSA) is 269 Å². The van der Waals surface area contributed by atoms with Crippen molar-refractivity contribution < 1.29 is 79.9 Å². The third kappa shape index (κ3) is 5.37. The molecule has 3 aliphatic rings. The average molecular weight is 504 g/mol.